The number of benzene rings is 2. The number of nitrogens with zero attached hydrogens (tertiary/aromatic N) is 2. The first-order valence-corrected chi connectivity index (χ1v) is 7.50. The molecule has 122 valence electrons. The van der Waals surface area contributed by atoms with Crippen LogP contribution in [0.15, 0.2) is 54.2 Å². The monoisotopic (exact) mass is 341 g/mol. The fourth-order valence-corrected chi connectivity index (χ4v) is 2.14. The van der Waals surface area contributed by atoms with E-state index in [1.165, 1.54) is 18.3 Å². The zero-order valence-corrected chi connectivity index (χ0v) is 14.0. The topological polar surface area (TPSA) is 76.4 Å². The van der Waals surface area contributed by atoms with Crippen LogP contribution < -0.4 is 10.2 Å². The Morgan fingerprint density at radius 1 is 1.29 bits per heavy atom. The van der Waals surface area contributed by atoms with Gasteiger partial charge in [-0.2, -0.15) is 5.26 Å². The number of anilines is 2. The summed E-state index contributed by atoms with van der Waals surface area (Å²) in [6.07, 6.45) is 1.43. The lowest BCUT2D eigenvalue weighted by Crippen LogP contribution is -2.17. The number of hydrogen-bond acceptors (Lipinski definition) is 4. The number of halogens is 1. The lowest BCUT2D eigenvalue weighted by Gasteiger charge is -2.15. The average molecular weight is 342 g/mol. The van der Waals surface area contributed by atoms with Gasteiger partial charge < -0.3 is 15.3 Å². The molecule has 0 atom stereocenters. The van der Waals surface area contributed by atoms with Crippen molar-refractivity contribution in [1.82, 2.24) is 0 Å². The third-order valence-electron chi connectivity index (χ3n) is 3.37. The Balaban J connectivity index is 2.17. The molecule has 24 heavy (non-hydrogen) atoms. The second-order valence-electron chi connectivity index (χ2n) is 5.20. The van der Waals surface area contributed by atoms with Crippen LogP contribution in [0.1, 0.15) is 5.56 Å². The molecule has 0 fully saturated rings. The highest BCUT2D eigenvalue weighted by Crippen LogP contribution is 2.21. The van der Waals surface area contributed by atoms with Crippen LogP contribution in [0.4, 0.5) is 11.4 Å². The normalized spacial score (nSPS) is 10.8. The molecule has 0 aromatic heterocycles. The summed E-state index contributed by atoms with van der Waals surface area (Å²) in [6.45, 7) is 1.86. The molecule has 0 saturated heterocycles. The Morgan fingerprint density at radius 2 is 1.96 bits per heavy atom. The molecule has 0 aliphatic rings. The molecule has 0 spiro atoms. The number of phenols is 1. The molecule has 1 amide bonds. The second kappa shape index (κ2) is 7.53. The van der Waals surface area contributed by atoms with Gasteiger partial charge in [0.15, 0.2) is 0 Å². The van der Waals surface area contributed by atoms with Crippen LogP contribution in [0.3, 0.4) is 0 Å². The minimum atomic E-state index is -0.525. The van der Waals surface area contributed by atoms with E-state index in [2.05, 4.69) is 5.32 Å². The molecule has 2 rings (SSSR count). The Kier molecular flexibility index (Phi) is 5.46. The minimum absolute atomic E-state index is 0.0535. The average Bonchev–Trinajstić information content (AvgIpc) is 2.56. The Labute approximate surface area is 145 Å². The highest BCUT2D eigenvalue weighted by molar-refractivity contribution is 6.31. The molecular weight excluding hydrogens is 326 g/mol. The van der Waals surface area contributed by atoms with Crippen molar-refractivity contribution in [2.45, 2.75) is 6.92 Å². The highest BCUT2D eigenvalue weighted by atomic mass is 35.5. The van der Waals surface area contributed by atoms with Crippen molar-refractivity contribution in [2.75, 3.05) is 17.3 Å². The summed E-state index contributed by atoms with van der Waals surface area (Å²) in [4.78, 5) is 13.9. The van der Waals surface area contributed by atoms with Crippen molar-refractivity contribution < 1.29 is 9.90 Å². The zero-order valence-electron chi connectivity index (χ0n) is 13.2. The Morgan fingerprint density at radius 3 is 2.54 bits per heavy atom. The first kappa shape index (κ1) is 17.4. The van der Waals surface area contributed by atoms with Gasteiger partial charge in [0.25, 0.3) is 5.91 Å². The molecule has 2 aromatic rings. The van der Waals surface area contributed by atoms with Gasteiger partial charge in [-0.05, 0) is 48.9 Å². The van der Waals surface area contributed by atoms with E-state index >= 15 is 0 Å². The summed E-state index contributed by atoms with van der Waals surface area (Å²) in [5.74, 6) is -0.381. The summed E-state index contributed by atoms with van der Waals surface area (Å²) in [6, 6.07) is 13.4. The van der Waals surface area contributed by atoms with E-state index in [-0.39, 0.29) is 11.3 Å². The van der Waals surface area contributed by atoms with Crippen LogP contribution in [-0.4, -0.2) is 18.1 Å². The molecule has 2 aromatic carbocycles. The zero-order chi connectivity index (χ0) is 17.7. The molecular formula is C18H16ClN3O2. The Bertz CT molecular complexity index is 823. The molecule has 0 heterocycles. The number of nitrogens with one attached hydrogen (secondary N) is 1. The summed E-state index contributed by atoms with van der Waals surface area (Å²) >= 11 is 6.03. The first-order chi connectivity index (χ1) is 11.4. The first-order valence-electron chi connectivity index (χ1n) is 7.12. The quantitative estimate of drug-likeness (QED) is 0.654. The molecule has 5 nitrogen and oxygen atoms in total. The van der Waals surface area contributed by atoms with Crippen molar-refractivity contribution in [3.05, 3.63) is 64.8 Å². The van der Waals surface area contributed by atoms with Crippen molar-refractivity contribution in [3.8, 4) is 11.8 Å². The fourth-order valence-electron chi connectivity index (χ4n) is 1.96. The van der Waals surface area contributed by atoms with Crippen LogP contribution in [0.25, 0.3) is 0 Å². The third-order valence-corrected chi connectivity index (χ3v) is 3.78. The van der Waals surface area contributed by atoms with Gasteiger partial charge in [0.1, 0.15) is 17.4 Å². The Hall–Kier alpha value is -2.97. The number of aryl methyl sites for hydroxylation is 1. The number of carbonyl (C=O) groups is 1. The van der Waals surface area contributed by atoms with Crippen molar-refractivity contribution in [3.63, 3.8) is 0 Å². The largest absolute Gasteiger partial charge is 0.508 e. The number of hydrogen-bond donors (Lipinski definition) is 2. The van der Waals surface area contributed by atoms with Crippen LogP contribution in [-0.2, 0) is 4.79 Å². The molecule has 0 aliphatic heterocycles. The summed E-state index contributed by atoms with van der Waals surface area (Å²) < 4.78 is 0. The molecule has 0 aliphatic carbocycles. The van der Waals surface area contributed by atoms with E-state index < -0.39 is 5.91 Å². The minimum Gasteiger partial charge on any atom is -0.508 e. The van der Waals surface area contributed by atoms with Crippen LogP contribution in [0.5, 0.6) is 5.75 Å². The number of aromatic hydroxyl groups is 1. The maximum Gasteiger partial charge on any atom is 0.267 e. The fraction of sp³-hybridized carbons (Fsp3) is 0.111. The smallest absolute Gasteiger partial charge is 0.267 e. The van der Waals surface area contributed by atoms with E-state index in [1.807, 2.05) is 13.0 Å². The number of phenolic OH excluding ortho intramolecular Hbond substituents is 1. The maximum atomic E-state index is 12.2. The molecule has 0 unspecified atom stereocenters. The molecule has 2 N–H and O–H groups in total. The molecule has 6 heteroatoms. The third kappa shape index (κ3) is 4.28. The van der Waals surface area contributed by atoms with Gasteiger partial charge in [0, 0.05) is 29.6 Å². The van der Waals surface area contributed by atoms with Gasteiger partial charge in [0.2, 0.25) is 0 Å². The highest BCUT2D eigenvalue weighted by Gasteiger charge is 2.11. The van der Waals surface area contributed by atoms with E-state index in [9.17, 15) is 15.2 Å². The van der Waals surface area contributed by atoms with Crippen molar-refractivity contribution >= 4 is 28.9 Å². The van der Waals surface area contributed by atoms with Gasteiger partial charge in [-0.25, -0.2) is 0 Å². The van der Waals surface area contributed by atoms with Gasteiger partial charge >= 0.3 is 0 Å². The standard InChI is InChI=1S/C18H16ClN3O2/c1-12-3-4-14(9-17(12)19)21-18(24)13(10-20)11-22(2)15-5-7-16(23)8-6-15/h3-9,11,23H,1-2H3,(H,21,24)/b13-11-. The number of carbonyl (C=O) groups excluding carboxylic acids is 1. The molecule has 0 radical (unpaired) electrons. The van der Waals surface area contributed by atoms with E-state index in [0.29, 0.717) is 10.7 Å². The summed E-state index contributed by atoms with van der Waals surface area (Å²) in [5, 5.41) is 21.7. The van der Waals surface area contributed by atoms with Gasteiger partial charge in [-0.3, -0.25) is 4.79 Å². The van der Waals surface area contributed by atoms with Gasteiger partial charge in [-0.1, -0.05) is 17.7 Å². The molecule has 0 bridgehead atoms. The second-order valence-corrected chi connectivity index (χ2v) is 5.61. The number of nitriles is 1. The van der Waals surface area contributed by atoms with E-state index in [4.69, 9.17) is 11.6 Å². The van der Waals surface area contributed by atoms with Gasteiger partial charge in [0.05, 0.1) is 0 Å². The van der Waals surface area contributed by atoms with E-state index in [0.717, 1.165) is 11.3 Å². The predicted molar refractivity (Wildman–Crippen MR) is 95.0 cm³/mol. The van der Waals surface area contributed by atoms with E-state index in [1.54, 1.807) is 42.3 Å². The maximum absolute atomic E-state index is 12.2. The van der Waals surface area contributed by atoms with Crippen molar-refractivity contribution in [1.29, 1.82) is 5.26 Å². The van der Waals surface area contributed by atoms with Crippen molar-refractivity contribution in [2.24, 2.45) is 0 Å². The number of amides is 1. The van der Waals surface area contributed by atoms with Crippen LogP contribution >= 0.6 is 11.6 Å². The number of rotatable bonds is 4. The summed E-state index contributed by atoms with van der Waals surface area (Å²) in [5.41, 5.74) is 2.09. The summed E-state index contributed by atoms with van der Waals surface area (Å²) in [7, 11) is 1.71. The van der Waals surface area contributed by atoms with Crippen LogP contribution in [0.2, 0.25) is 5.02 Å². The molecule has 0 saturated carbocycles. The lowest BCUT2D eigenvalue weighted by atomic mass is 10.2. The SMILES string of the molecule is Cc1ccc(NC(=O)/C(C#N)=C\N(C)c2ccc(O)cc2)cc1Cl. The lowest BCUT2D eigenvalue weighted by molar-refractivity contribution is -0.112. The predicted octanol–water partition coefficient (Wildman–Crippen LogP) is 3.84. The van der Waals surface area contributed by atoms with Crippen LogP contribution in [0, 0.1) is 18.3 Å². The van der Waals surface area contributed by atoms with Gasteiger partial charge in [-0.15, -0.1) is 0 Å².